The van der Waals surface area contributed by atoms with Crippen LogP contribution in [0, 0.1) is 0 Å². The molecule has 0 atom stereocenters. The molecule has 1 amide bonds. The largest absolute Gasteiger partial charge is 0.411 e. The van der Waals surface area contributed by atoms with Crippen LogP contribution in [0.25, 0.3) is 0 Å². The smallest absolute Gasteiger partial charge is 0.251 e. The van der Waals surface area contributed by atoms with Gasteiger partial charge in [0.25, 0.3) is 5.91 Å². The first-order chi connectivity index (χ1) is 8.33. The summed E-state index contributed by atoms with van der Waals surface area (Å²) in [6, 6.07) is 7.03. The second-order valence-electron chi connectivity index (χ2n) is 5.51. The molecule has 5 heteroatoms. The fourth-order valence-corrected chi connectivity index (χ4v) is 2.06. The Bertz CT molecular complexity index is 447. The van der Waals surface area contributed by atoms with Gasteiger partial charge in [0.15, 0.2) is 0 Å². The lowest BCUT2D eigenvalue weighted by atomic mass is 10.1. The molecule has 0 unspecified atom stereocenters. The lowest BCUT2D eigenvalue weighted by molar-refractivity contribution is 0.0959. The zero-order valence-corrected chi connectivity index (χ0v) is 12.3. The maximum Gasteiger partial charge on any atom is 0.251 e. The van der Waals surface area contributed by atoms with Gasteiger partial charge in [-0.3, -0.25) is 4.79 Å². The molecule has 0 radical (unpaired) electrons. The molecule has 1 rings (SSSR count). The van der Waals surface area contributed by atoms with Gasteiger partial charge < -0.3 is 10.5 Å². The molecular weight excluding hydrogens is 244 g/mol. The summed E-state index contributed by atoms with van der Waals surface area (Å²) in [6.45, 7) is 8.33. The van der Waals surface area contributed by atoms with Crippen LogP contribution in [0.3, 0.4) is 0 Å². The highest BCUT2D eigenvalue weighted by Crippen LogP contribution is 2.06. The van der Waals surface area contributed by atoms with Crippen LogP contribution in [0.1, 0.15) is 22.8 Å². The highest BCUT2D eigenvalue weighted by Gasteiger charge is 2.15. The van der Waals surface area contributed by atoms with Crippen molar-refractivity contribution in [2.45, 2.75) is 26.6 Å². The van der Waals surface area contributed by atoms with Crippen LogP contribution in [0.15, 0.2) is 29.4 Å². The standard InChI is InChI=1S/C13H20N2O2Si/c1-10(15-17)11-5-7-12(8-6-11)13(16)14-9-18(2,3)4/h5-8,17H,9H2,1-4H3,(H,14,16). The van der Waals surface area contributed by atoms with E-state index in [1.54, 1.807) is 31.2 Å². The fraction of sp³-hybridized carbons (Fsp3) is 0.385. The van der Waals surface area contributed by atoms with Gasteiger partial charge >= 0.3 is 0 Å². The average Bonchev–Trinajstić information content (AvgIpc) is 2.34. The van der Waals surface area contributed by atoms with Crippen molar-refractivity contribution in [2.75, 3.05) is 6.17 Å². The topological polar surface area (TPSA) is 61.7 Å². The van der Waals surface area contributed by atoms with Crippen molar-refractivity contribution in [1.82, 2.24) is 5.32 Å². The summed E-state index contributed by atoms with van der Waals surface area (Å²) in [6.07, 6.45) is 0.769. The lowest BCUT2D eigenvalue weighted by Gasteiger charge is -2.16. The van der Waals surface area contributed by atoms with Crippen molar-refractivity contribution < 1.29 is 10.0 Å². The Labute approximate surface area is 109 Å². The number of oxime groups is 1. The normalized spacial score (nSPS) is 12.3. The zero-order valence-electron chi connectivity index (χ0n) is 11.3. The third kappa shape index (κ3) is 4.33. The number of hydrogen-bond acceptors (Lipinski definition) is 3. The highest BCUT2D eigenvalue weighted by molar-refractivity contribution is 6.76. The van der Waals surface area contributed by atoms with Crippen molar-refractivity contribution in [3.05, 3.63) is 35.4 Å². The summed E-state index contributed by atoms with van der Waals surface area (Å²) in [5.74, 6) is -0.0532. The van der Waals surface area contributed by atoms with E-state index in [-0.39, 0.29) is 5.91 Å². The van der Waals surface area contributed by atoms with E-state index in [0.717, 1.165) is 11.7 Å². The molecule has 1 aromatic carbocycles. The van der Waals surface area contributed by atoms with E-state index < -0.39 is 8.07 Å². The third-order valence-corrected chi connectivity index (χ3v) is 3.73. The molecule has 0 fully saturated rings. The Morgan fingerprint density at radius 3 is 2.17 bits per heavy atom. The molecule has 0 bridgehead atoms. The molecule has 98 valence electrons. The quantitative estimate of drug-likeness (QED) is 0.380. The SMILES string of the molecule is CC(=NO)c1ccc(C(=O)NC[Si](C)(C)C)cc1. The van der Waals surface area contributed by atoms with E-state index >= 15 is 0 Å². The number of rotatable bonds is 4. The molecule has 0 saturated heterocycles. The van der Waals surface area contributed by atoms with Crippen LogP contribution < -0.4 is 5.32 Å². The molecule has 1 aromatic rings. The maximum atomic E-state index is 11.9. The van der Waals surface area contributed by atoms with Gasteiger partial charge in [-0.2, -0.15) is 0 Å². The number of amides is 1. The Morgan fingerprint density at radius 1 is 1.22 bits per heavy atom. The molecule has 18 heavy (non-hydrogen) atoms. The van der Waals surface area contributed by atoms with E-state index in [2.05, 4.69) is 30.1 Å². The van der Waals surface area contributed by atoms with Gasteiger partial charge in [-0.1, -0.05) is 36.9 Å². The van der Waals surface area contributed by atoms with Crippen LogP contribution in [-0.4, -0.2) is 31.1 Å². The molecule has 4 nitrogen and oxygen atoms in total. The van der Waals surface area contributed by atoms with Crippen LogP contribution >= 0.6 is 0 Å². The first kappa shape index (κ1) is 14.4. The molecule has 0 aliphatic rings. The van der Waals surface area contributed by atoms with E-state index in [0.29, 0.717) is 11.3 Å². The molecule has 0 spiro atoms. The molecule has 0 aromatic heterocycles. The van der Waals surface area contributed by atoms with Gasteiger partial charge in [0.05, 0.1) is 13.8 Å². The Balaban J connectivity index is 2.71. The predicted octanol–water partition coefficient (Wildman–Crippen LogP) is 2.49. The van der Waals surface area contributed by atoms with Gasteiger partial charge in [-0.15, -0.1) is 0 Å². The summed E-state index contributed by atoms with van der Waals surface area (Å²) in [5, 5.41) is 14.7. The summed E-state index contributed by atoms with van der Waals surface area (Å²) in [4.78, 5) is 11.9. The highest BCUT2D eigenvalue weighted by atomic mass is 28.3. The summed E-state index contributed by atoms with van der Waals surface area (Å²) in [5.41, 5.74) is 1.96. The van der Waals surface area contributed by atoms with E-state index in [9.17, 15) is 4.79 Å². The van der Waals surface area contributed by atoms with E-state index in [4.69, 9.17) is 5.21 Å². The minimum Gasteiger partial charge on any atom is -0.411 e. The van der Waals surface area contributed by atoms with Gasteiger partial charge in [0.1, 0.15) is 0 Å². The number of carbonyl (C=O) groups is 1. The second-order valence-corrected chi connectivity index (χ2v) is 11.0. The second kappa shape index (κ2) is 5.82. The Hall–Kier alpha value is -1.62. The number of hydrogen-bond donors (Lipinski definition) is 2. The summed E-state index contributed by atoms with van der Waals surface area (Å²) >= 11 is 0. The van der Waals surface area contributed by atoms with Gasteiger partial charge in [0.2, 0.25) is 0 Å². The Kier molecular flexibility index (Phi) is 4.67. The lowest BCUT2D eigenvalue weighted by Crippen LogP contribution is -2.39. The van der Waals surface area contributed by atoms with Gasteiger partial charge in [-0.05, 0) is 24.6 Å². The van der Waals surface area contributed by atoms with Gasteiger partial charge in [0, 0.05) is 11.7 Å². The van der Waals surface area contributed by atoms with Crippen LogP contribution in [0.5, 0.6) is 0 Å². The summed E-state index contributed by atoms with van der Waals surface area (Å²) < 4.78 is 0. The van der Waals surface area contributed by atoms with E-state index in [1.165, 1.54) is 0 Å². The fourth-order valence-electron chi connectivity index (χ4n) is 1.37. The number of nitrogens with zero attached hydrogens (tertiary/aromatic N) is 1. The van der Waals surface area contributed by atoms with Crippen LogP contribution in [-0.2, 0) is 0 Å². The Morgan fingerprint density at radius 2 is 1.72 bits per heavy atom. The molecule has 0 saturated carbocycles. The van der Waals surface area contributed by atoms with Crippen molar-refractivity contribution in [3.8, 4) is 0 Å². The minimum atomic E-state index is -1.27. The minimum absolute atomic E-state index is 0.0532. The number of benzene rings is 1. The monoisotopic (exact) mass is 264 g/mol. The number of carbonyl (C=O) groups excluding carboxylic acids is 1. The molecule has 0 heterocycles. The predicted molar refractivity (Wildman–Crippen MR) is 76.1 cm³/mol. The van der Waals surface area contributed by atoms with Gasteiger partial charge in [-0.25, -0.2) is 0 Å². The van der Waals surface area contributed by atoms with Crippen molar-refractivity contribution in [2.24, 2.45) is 5.16 Å². The first-order valence-electron chi connectivity index (χ1n) is 5.91. The molecule has 0 aliphatic carbocycles. The first-order valence-corrected chi connectivity index (χ1v) is 9.61. The van der Waals surface area contributed by atoms with Crippen molar-refractivity contribution in [3.63, 3.8) is 0 Å². The molecule has 0 aliphatic heterocycles. The van der Waals surface area contributed by atoms with E-state index in [1.807, 2.05) is 0 Å². The maximum absolute atomic E-state index is 11.9. The molecular formula is C13H20N2O2Si. The van der Waals surface area contributed by atoms with Crippen LogP contribution in [0.2, 0.25) is 19.6 Å². The average molecular weight is 264 g/mol. The summed E-state index contributed by atoms with van der Waals surface area (Å²) in [7, 11) is -1.27. The number of nitrogens with one attached hydrogen (secondary N) is 1. The van der Waals surface area contributed by atoms with Crippen molar-refractivity contribution in [1.29, 1.82) is 0 Å². The zero-order chi connectivity index (χ0) is 13.8. The van der Waals surface area contributed by atoms with Crippen LogP contribution in [0.4, 0.5) is 0 Å². The third-order valence-electron chi connectivity index (χ3n) is 2.49. The molecule has 2 N–H and O–H groups in total. The van der Waals surface area contributed by atoms with Crippen molar-refractivity contribution >= 4 is 19.7 Å².